The van der Waals surface area contributed by atoms with Crippen LogP contribution in [0, 0.1) is 0 Å². The maximum Gasteiger partial charge on any atom is 0.0959 e. The summed E-state index contributed by atoms with van der Waals surface area (Å²) in [5.41, 5.74) is 3.42. The molecule has 4 rings (SSSR count). The highest BCUT2D eigenvalue weighted by Gasteiger charge is 2.42. The molecule has 0 N–H and O–H groups in total. The Morgan fingerprint density at radius 1 is 1.21 bits per heavy atom. The van der Waals surface area contributed by atoms with Gasteiger partial charge in [-0.2, -0.15) is 0 Å². The summed E-state index contributed by atoms with van der Waals surface area (Å²) < 4.78 is 5.45. The van der Waals surface area contributed by atoms with Crippen molar-refractivity contribution >= 4 is 0 Å². The zero-order valence-corrected chi connectivity index (χ0v) is 11.9. The fraction of sp³-hybridized carbons (Fsp3) is 0.750. The SMILES string of the molecule is COC1=CCC2=C(CCN3C2CCN2CCCC23)C1. The average Bonchev–Trinajstić information content (AvgIpc) is 2.94. The van der Waals surface area contributed by atoms with Crippen LogP contribution in [0.3, 0.4) is 0 Å². The lowest BCUT2D eigenvalue weighted by Crippen LogP contribution is -2.57. The first-order chi connectivity index (χ1) is 9.36. The summed E-state index contributed by atoms with van der Waals surface area (Å²) >= 11 is 0. The van der Waals surface area contributed by atoms with Crippen molar-refractivity contribution in [3.8, 4) is 0 Å². The van der Waals surface area contributed by atoms with Crippen molar-refractivity contribution in [3.63, 3.8) is 0 Å². The van der Waals surface area contributed by atoms with Gasteiger partial charge in [0.25, 0.3) is 0 Å². The first kappa shape index (κ1) is 12.0. The summed E-state index contributed by atoms with van der Waals surface area (Å²) in [4.78, 5) is 5.52. The first-order valence-electron chi connectivity index (χ1n) is 7.80. The van der Waals surface area contributed by atoms with Crippen molar-refractivity contribution < 1.29 is 4.74 Å². The maximum atomic E-state index is 5.45. The molecule has 0 aromatic rings. The Morgan fingerprint density at radius 2 is 2.16 bits per heavy atom. The minimum atomic E-state index is 0.734. The van der Waals surface area contributed by atoms with E-state index in [-0.39, 0.29) is 0 Å². The molecule has 2 fully saturated rings. The number of ether oxygens (including phenoxy) is 1. The third-order valence-electron chi connectivity index (χ3n) is 5.53. The molecule has 2 atom stereocenters. The van der Waals surface area contributed by atoms with Gasteiger partial charge in [0.1, 0.15) is 0 Å². The van der Waals surface area contributed by atoms with Gasteiger partial charge in [-0.05, 0) is 50.3 Å². The quantitative estimate of drug-likeness (QED) is 0.674. The first-order valence-corrected chi connectivity index (χ1v) is 7.80. The second-order valence-electron chi connectivity index (χ2n) is 6.34. The summed E-state index contributed by atoms with van der Waals surface area (Å²) in [5.74, 6) is 1.19. The Kier molecular flexibility index (Phi) is 2.92. The highest BCUT2D eigenvalue weighted by atomic mass is 16.5. The smallest absolute Gasteiger partial charge is 0.0959 e. The van der Waals surface area contributed by atoms with Gasteiger partial charge in [0, 0.05) is 25.6 Å². The van der Waals surface area contributed by atoms with E-state index < -0.39 is 0 Å². The Hall–Kier alpha value is -0.800. The van der Waals surface area contributed by atoms with Crippen LogP contribution >= 0.6 is 0 Å². The second-order valence-corrected chi connectivity index (χ2v) is 6.34. The lowest BCUT2D eigenvalue weighted by Gasteiger charge is -2.50. The molecule has 0 amide bonds. The highest BCUT2D eigenvalue weighted by molar-refractivity contribution is 5.33. The molecule has 104 valence electrons. The van der Waals surface area contributed by atoms with Crippen molar-refractivity contribution in [2.75, 3.05) is 26.7 Å². The van der Waals surface area contributed by atoms with Crippen LogP contribution in [-0.2, 0) is 4.74 Å². The molecule has 19 heavy (non-hydrogen) atoms. The lowest BCUT2D eigenvalue weighted by molar-refractivity contribution is -0.00197. The Bertz CT molecular complexity index is 440. The molecule has 2 unspecified atom stereocenters. The monoisotopic (exact) mass is 260 g/mol. The van der Waals surface area contributed by atoms with E-state index in [1.165, 1.54) is 51.1 Å². The van der Waals surface area contributed by atoms with Crippen LogP contribution in [0.2, 0.25) is 0 Å². The molecule has 3 heteroatoms. The van der Waals surface area contributed by atoms with Crippen LogP contribution in [0.25, 0.3) is 0 Å². The molecule has 0 radical (unpaired) electrons. The van der Waals surface area contributed by atoms with Crippen LogP contribution in [-0.4, -0.2) is 48.8 Å². The van der Waals surface area contributed by atoms with E-state index in [1.54, 1.807) is 11.1 Å². The standard InChI is InChI=1S/C16H24N2O/c1-19-13-4-5-14-12(11-13)6-10-18-15(14)7-9-17-8-2-3-16(17)18/h4,15-16H,2-3,5-11H2,1H3. The Labute approximate surface area is 115 Å². The summed E-state index contributed by atoms with van der Waals surface area (Å²) in [6.45, 7) is 3.90. The van der Waals surface area contributed by atoms with Crippen molar-refractivity contribution in [3.05, 3.63) is 23.0 Å². The van der Waals surface area contributed by atoms with Crippen molar-refractivity contribution in [1.82, 2.24) is 9.80 Å². The van der Waals surface area contributed by atoms with Crippen LogP contribution < -0.4 is 0 Å². The summed E-state index contributed by atoms with van der Waals surface area (Å²) in [5, 5.41) is 0. The molecular formula is C16H24N2O. The van der Waals surface area contributed by atoms with E-state index in [9.17, 15) is 0 Å². The summed E-state index contributed by atoms with van der Waals surface area (Å²) in [6, 6.07) is 0.734. The molecule has 3 heterocycles. The zero-order valence-electron chi connectivity index (χ0n) is 11.9. The molecule has 0 bridgehead atoms. The number of fused-ring (bicyclic) bond motifs is 4. The number of allylic oxidation sites excluding steroid dienone is 2. The molecule has 3 aliphatic heterocycles. The Morgan fingerprint density at radius 3 is 3.05 bits per heavy atom. The summed E-state index contributed by atoms with van der Waals surface area (Å²) in [7, 11) is 1.81. The van der Waals surface area contributed by atoms with Gasteiger partial charge in [-0.1, -0.05) is 5.57 Å². The molecule has 3 nitrogen and oxygen atoms in total. The average molecular weight is 260 g/mol. The topological polar surface area (TPSA) is 15.7 Å². The van der Waals surface area contributed by atoms with Crippen LogP contribution in [0.5, 0.6) is 0 Å². The molecule has 0 spiro atoms. The van der Waals surface area contributed by atoms with Gasteiger partial charge in [-0.3, -0.25) is 9.80 Å². The molecule has 0 aromatic heterocycles. The third kappa shape index (κ3) is 1.86. The van der Waals surface area contributed by atoms with Gasteiger partial charge in [-0.25, -0.2) is 0 Å². The van der Waals surface area contributed by atoms with Crippen LogP contribution in [0.15, 0.2) is 23.0 Å². The molecule has 0 aromatic carbocycles. The van der Waals surface area contributed by atoms with E-state index in [4.69, 9.17) is 4.74 Å². The molecular weight excluding hydrogens is 236 g/mol. The molecule has 4 aliphatic rings. The fourth-order valence-electron chi connectivity index (χ4n) is 4.59. The number of rotatable bonds is 1. The van der Waals surface area contributed by atoms with Gasteiger partial charge < -0.3 is 4.74 Å². The largest absolute Gasteiger partial charge is 0.501 e. The second kappa shape index (κ2) is 4.64. The highest BCUT2D eigenvalue weighted by Crippen LogP contribution is 2.41. The number of nitrogens with zero attached hydrogens (tertiary/aromatic N) is 2. The zero-order chi connectivity index (χ0) is 12.8. The number of hydrogen-bond acceptors (Lipinski definition) is 3. The lowest BCUT2D eigenvalue weighted by atomic mass is 9.82. The van der Waals surface area contributed by atoms with E-state index in [0.717, 1.165) is 25.0 Å². The normalized spacial score (nSPS) is 35.5. The van der Waals surface area contributed by atoms with E-state index >= 15 is 0 Å². The Balaban J connectivity index is 1.59. The van der Waals surface area contributed by atoms with Crippen LogP contribution in [0.4, 0.5) is 0 Å². The fourth-order valence-corrected chi connectivity index (χ4v) is 4.59. The third-order valence-corrected chi connectivity index (χ3v) is 5.53. The minimum Gasteiger partial charge on any atom is -0.501 e. The number of methoxy groups -OCH3 is 1. The predicted molar refractivity (Wildman–Crippen MR) is 75.7 cm³/mol. The number of hydrogen-bond donors (Lipinski definition) is 0. The predicted octanol–water partition coefficient (Wildman–Crippen LogP) is 2.51. The van der Waals surface area contributed by atoms with E-state index in [0.29, 0.717) is 0 Å². The van der Waals surface area contributed by atoms with E-state index in [1.807, 2.05) is 7.11 Å². The molecule has 2 saturated heterocycles. The minimum absolute atomic E-state index is 0.734. The van der Waals surface area contributed by atoms with Gasteiger partial charge in [0.15, 0.2) is 0 Å². The van der Waals surface area contributed by atoms with Crippen LogP contribution in [0.1, 0.15) is 38.5 Å². The van der Waals surface area contributed by atoms with Gasteiger partial charge in [0.2, 0.25) is 0 Å². The molecule has 1 aliphatic carbocycles. The van der Waals surface area contributed by atoms with Gasteiger partial charge in [-0.15, -0.1) is 0 Å². The van der Waals surface area contributed by atoms with Gasteiger partial charge in [0.05, 0.1) is 19.0 Å². The van der Waals surface area contributed by atoms with Crippen molar-refractivity contribution in [2.24, 2.45) is 0 Å². The molecule has 0 saturated carbocycles. The van der Waals surface area contributed by atoms with Gasteiger partial charge >= 0.3 is 0 Å². The van der Waals surface area contributed by atoms with Crippen molar-refractivity contribution in [1.29, 1.82) is 0 Å². The maximum absolute atomic E-state index is 5.45. The van der Waals surface area contributed by atoms with E-state index in [2.05, 4.69) is 15.9 Å². The van der Waals surface area contributed by atoms with Crippen molar-refractivity contribution in [2.45, 2.75) is 50.7 Å². The summed E-state index contributed by atoms with van der Waals surface area (Å²) in [6.07, 6.45) is 10.6.